The Morgan fingerprint density at radius 1 is 0.741 bits per heavy atom. The third kappa shape index (κ3) is 5.57. The molecule has 0 aromatic rings. The van der Waals surface area contributed by atoms with E-state index in [1.165, 1.54) is 0 Å². The molecule has 0 aliphatic rings. The molecule has 0 aliphatic carbocycles. The molecule has 0 bridgehead atoms. The normalized spacial score (nSPS) is 16.7. The van der Waals surface area contributed by atoms with Crippen LogP contribution >= 0.6 is 0 Å². The van der Waals surface area contributed by atoms with Crippen LogP contribution in [0.15, 0.2) is 0 Å². The summed E-state index contributed by atoms with van der Waals surface area (Å²) in [7, 11) is -5.73. The molecule has 0 saturated carbocycles. The van der Waals surface area contributed by atoms with E-state index in [9.17, 15) is 61.5 Å². The maximum absolute atomic E-state index is 14.5. The minimum Gasteiger partial charge on any atom is -0.466 e. The zero-order valence-corrected chi connectivity index (χ0v) is 13.8. The zero-order valence-electron chi connectivity index (χ0n) is 13.0. The lowest BCUT2D eigenvalue weighted by Crippen LogP contribution is -2.48. The highest BCUT2D eigenvalue weighted by Gasteiger charge is 2.62. The summed E-state index contributed by atoms with van der Waals surface area (Å²) in [5, 5.41) is -4.70. The van der Waals surface area contributed by atoms with Crippen LogP contribution in [0.1, 0.15) is 19.3 Å². The molecule has 0 N–H and O–H groups in total. The van der Waals surface area contributed by atoms with Crippen molar-refractivity contribution < 1.29 is 66.2 Å². The van der Waals surface area contributed by atoms with E-state index < -0.39 is 70.0 Å². The van der Waals surface area contributed by atoms with Crippen molar-refractivity contribution in [1.29, 1.82) is 0 Å². The second-order valence-corrected chi connectivity index (χ2v) is 7.48. The van der Waals surface area contributed by atoms with Gasteiger partial charge in [-0.2, -0.15) is 43.9 Å². The molecule has 16 heteroatoms. The molecule has 1 unspecified atom stereocenters. The quantitative estimate of drug-likeness (QED) is 0.419. The molecule has 27 heavy (non-hydrogen) atoms. The van der Waals surface area contributed by atoms with E-state index in [0.29, 0.717) is 7.11 Å². The van der Waals surface area contributed by atoms with E-state index >= 15 is 0 Å². The molecule has 0 heterocycles. The Morgan fingerprint density at radius 3 is 1.44 bits per heavy atom. The highest BCUT2D eigenvalue weighted by atomic mass is 32.2. The Morgan fingerprint density at radius 2 is 1.11 bits per heavy atom. The van der Waals surface area contributed by atoms with Crippen molar-refractivity contribution in [3.05, 3.63) is 0 Å². The van der Waals surface area contributed by atoms with Gasteiger partial charge in [0.15, 0.2) is 9.84 Å². The molecule has 0 amide bonds. The molecule has 0 aromatic heterocycles. The number of sulfone groups is 1. The van der Waals surface area contributed by atoms with Crippen molar-refractivity contribution in [1.82, 2.24) is 0 Å². The topological polar surface area (TPSA) is 60.4 Å². The first-order valence-corrected chi connectivity index (χ1v) is 8.18. The Bertz CT molecular complexity index is 638. The van der Waals surface area contributed by atoms with Crippen LogP contribution in [0.25, 0.3) is 0 Å². The molecular formula is C11H11F11O4S. The number of carbonyl (C=O) groups excluding carboxylic acids is 1. The molecular weight excluding hydrogens is 437 g/mol. The van der Waals surface area contributed by atoms with Gasteiger partial charge in [-0.05, 0) is 0 Å². The molecule has 162 valence electrons. The lowest BCUT2D eigenvalue weighted by molar-refractivity contribution is -0.285. The fourth-order valence-corrected chi connectivity index (χ4v) is 3.16. The summed E-state index contributed by atoms with van der Waals surface area (Å²) >= 11 is 0. The van der Waals surface area contributed by atoms with Gasteiger partial charge in [-0.15, -0.1) is 0 Å². The van der Waals surface area contributed by atoms with Crippen LogP contribution in [0.4, 0.5) is 48.3 Å². The first-order valence-electron chi connectivity index (χ1n) is 6.53. The third-order valence-electron chi connectivity index (χ3n) is 3.26. The molecule has 0 aliphatic heterocycles. The lowest BCUT2D eigenvalue weighted by Gasteiger charge is -2.27. The Hall–Kier alpha value is -1.35. The summed E-state index contributed by atoms with van der Waals surface area (Å²) in [5.41, 5.74) is 0. The Labute approximate surface area is 144 Å². The van der Waals surface area contributed by atoms with Crippen molar-refractivity contribution in [2.24, 2.45) is 0 Å². The molecule has 0 fully saturated rings. The monoisotopic (exact) mass is 448 g/mol. The number of rotatable bonds is 8. The number of alkyl halides is 11. The zero-order chi connectivity index (χ0) is 22.1. The predicted molar refractivity (Wildman–Crippen MR) is 65.5 cm³/mol. The van der Waals surface area contributed by atoms with Crippen LogP contribution < -0.4 is 0 Å². The Kier molecular flexibility index (Phi) is 7.20. The summed E-state index contributed by atoms with van der Waals surface area (Å²) in [6, 6.07) is 0. The van der Waals surface area contributed by atoms with Crippen LogP contribution in [0.5, 0.6) is 0 Å². The number of hydrogen-bond acceptors (Lipinski definition) is 4. The highest BCUT2D eigenvalue weighted by molar-refractivity contribution is 7.93. The summed E-state index contributed by atoms with van der Waals surface area (Å²) in [6.07, 6.45) is -20.1. The molecule has 1 atom stereocenters. The summed E-state index contributed by atoms with van der Waals surface area (Å²) < 4.78 is 165. The molecule has 0 aromatic carbocycles. The van der Waals surface area contributed by atoms with E-state index in [2.05, 4.69) is 4.74 Å². The van der Waals surface area contributed by atoms with Crippen molar-refractivity contribution in [3.63, 3.8) is 0 Å². The van der Waals surface area contributed by atoms with Gasteiger partial charge in [0.25, 0.3) is 0 Å². The van der Waals surface area contributed by atoms with Crippen LogP contribution in [0, 0.1) is 0 Å². The molecule has 4 nitrogen and oxygen atoms in total. The maximum Gasteiger partial charge on any atom is 0.453 e. The fourth-order valence-electron chi connectivity index (χ4n) is 1.56. The Balaban J connectivity index is 5.70. The van der Waals surface area contributed by atoms with E-state index in [4.69, 9.17) is 0 Å². The van der Waals surface area contributed by atoms with Gasteiger partial charge in [-0.1, -0.05) is 0 Å². The smallest absolute Gasteiger partial charge is 0.453 e. The molecule has 0 rings (SSSR count). The number of carbonyl (C=O) groups is 1. The van der Waals surface area contributed by atoms with Gasteiger partial charge >= 0.3 is 35.2 Å². The standard InChI is InChI=1S/C11H11F11O4S/c1-26-6(23)7(12,2-3-8(13,14)10(17,18)19)27(24,25)5-4-9(15,16)11(20,21)22/h2-5H2,1H3. The summed E-state index contributed by atoms with van der Waals surface area (Å²) in [4.78, 5) is 11.3. The average Bonchev–Trinajstić information content (AvgIpc) is 2.47. The van der Waals surface area contributed by atoms with Crippen LogP contribution in [-0.4, -0.2) is 56.4 Å². The minimum absolute atomic E-state index is 0.290. The average molecular weight is 448 g/mol. The van der Waals surface area contributed by atoms with Gasteiger partial charge in [0.1, 0.15) is 0 Å². The van der Waals surface area contributed by atoms with E-state index in [1.807, 2.05) is 0 Å². The van der Waals surface area contributed by atoms with Gasteiger partial charge < -0.3 is 4.74 Å². The lowest BCUT2D eigenvalue weighted by atomic mass is 10.1. The number of esters is 1. The van der Waals surface area contributed by atoms with Crippen LogP contribution in [0.3, 0.4) is 0 Å². The van der Waals surface area contributed by atoms with Crippen LogP contribution in [0.2, 0.25) is 0 Å². The van der Waals surface area contributed by atoms with Crippen LogP contribution in [-0.2, 0) is 19.4 Å². The first kappa shape index (κ1) is 25.6. The maximum atomic E-state index is 14.5. The number of ether oxygens (including phenoxy) is 1. The van der Waals surface area contributed by atoms with E-state index in [-0.39, 0.29) is 0 Å². The number of halogens is 11. The predicted octanol–water partition coefficient (Wildman–Crippen LogP) is 3.81. The molecule has 0 spiro atoms. The summed E-state index contributed by atoms with van der Waals surface area (Å²) in [5.74, 6) is -16.3. The largest absolute Gasteiger partial charge is 0.466 e. The number of hydrogen-bond donors (Lipinski definition) is 0. The second-order valence-electron chi connectivity index (χ2n) is 5.19. The van der Waals surface area contributed by atoms with Gasteiger partial charge in [0.2, 0.25) is 0 Å². The van der Waals surface area contributed by atoms with Gasteiger partial charge in [0, 0.05) is 19.3 Å². The van der Waals surface area contributed by atoms with E-state index in [1.54, 1.807) is 0 Å². The van der Waals surface area contributed by atoms with Crippen molar-refractivity contribution >= 4 is 15.8 Å². The van der Waals surface area contributed by atoms with Gasteiger partial charge in [-0.3, -0.25) is 0 Å². The summed E-state index contributed by atoms with van der Waals surface area (Å²) in [6.45, 7) is 0. The highest BCUT2D eigenvalue weighted by Crippen LogP contribution is 2.43. The van der Waals surface area contributed by atoms with E-state index in [0.717, 1.165) is 0 Å². The minimum atomic E-state index is -6.27. The second kappa shape index (κ2) is 7.58. The van der Waals surface area contributed by atoms with Gasteiger partial charge in [-0.25, -0.2) is 17.6 Å². The fraction of sp³-hybridized carbons (Fsp3) is 0.909. The molecule has 0 radical (unpaired) electrons. The number of methoxy groups -OCH3 is 1. The van der Waals surface area contributed by atoms with Crippen molar-refractivity contribution in [2.45, 2.75) is 48.5 Å². The van der Waals surface area contributed by atoms with Crippen molar-refractivity contribution in [2.75, 3.05) is 12.9 Å². The first-order chi connectivity index (χ1) is 11.6. The van der Waals surface area contributed by atoms with Crippen molar-refractivity contribution in [3.8, 4) is 0 Å². The third-order valence-corrected chi connectivity index (χ3v) is 5.36. The molecule has 0 saturated heterocycles. The SMILES string of the molecule is COC(=O)C(F)(CCC(F)(F)C(F)(F)F)S(=O)(=O)CCC(F)(F)C(F)(F)F. The van der Waals surface area contributed by atoms with Gasteiger partial charge in [0.05, 0.1) is 12.9 Å².